The summed E-state index contributed by atoms with van der Waals surface area (Å²) in [6.45, 7) is 3.59. The molecule has 0 radical (unpaired) electrons. The van der Waals surface area contributed by atoms with Crippen molar-refractivity contribution in [3.05, 3.63) is 29.6 Å². The molecular weight excluding hydrogens is 169 g/mol. The molecule has 0 aliphatic rings. The molecule has 0 saturated heterocycles. The highest BCUT2D eigenvalue weighted by Crippen LogP contribution is 2.17. The smallest absolute Gasteiger partial charge is 0.128 e. The second-order valence-electron chi connectivity index (χ2n) is 3.14. The van der Waals surface area contributed by atoms with Gasteiger partial charge in [-0.3, -0.25) is 0 Å². The summed E-state index contributed by atoms with van der Waals surface area (Å²) < 4.78 is 13.0. The molecule has 13 heavy (non-hydrogen) atoms. The zero-order valence-corrected chi connectivity index (χ0v) is 7.84. The minimum absolute atomic E-state index is 0.0377. The SMILES string of the molecule is Cc1c(F)cccc1NC(C)CO. The predicted molar refractivity (Wildman–Crippen MR) is 51.3 cm³/mol. The lowest BCUT2D eigenvalue weighted by atomic mass is 10.2. The first-order valence-electron chi connectivity index (χ1n) is 4.27. The molecule has 0 bridgehead atoms. The molecule has 0 aromatic heterocycles. The van der Waals surface area contributed by atoms with E-state index in [0.717, 1.165) is 5.69 Å². The van der Waals surface area contributed by atoms with Crippen LogP contribution in [0.1, 0.15) is 12.5 Å². The van der Waals surface area contributed by atoms with Gasteiger partial charge in [-0.05, 0) is 26.0 Å². The van der Waals surface area contributed by atoms with E-state index in [4.69, 9.17) is 5.11 Å². The summed E-state index contributed by atoms with van der Waals surface area (Å²) in [5.74, 6) is -0.227. The molecule has 1 unspecified atom stereocenters. The topological polar surface area (TPSA) is 32.3 Å². The van der Waals surface area contributed by atoms with E-state index >= 15 is 0 Å². The van der Waals surface area contributed by atoms with Crippen LogP contribution in [0.5, 0.6) is 0 Å². The Labute approximate surface area is 77.4 Å². The Bertz CT molecular complexity index is 288. The molecular formula is C10H14FNO. The standard InChI is InChI=1S/C10H14FNO/c1-7(6-13)12-10-5-3-4-9(11)8(10)2/h3-5,7,12-13H,6H2,1-2H3. The molecule has 2 N–H and O–H groups in total. The van der Waals surface area contributed by atoms with Crippen LogP contribution in [0.4, 0.5) is 10.1 Å². The number of hydrogen-bond donors (Lipinski definition) is 2. The lowest BCUT2D eigenvalue weighted by molar-refractivity contribution is 0.281. The summed E-state index contributed by atoms with van der Waals surface area (Å²) in [7, 11) is 0. The van der Waals surface area contributed by atoms with Gasteiger partial charge in [-0.2, -0.15) is 0 Å². The van der Waals surface area contributed by atoms with Crippen molar-refractivity contribution in [2.24, 2.45) is 0 Å². The first-order chi connectivity index (χ1) is 6.15. The lowest BCUT2D eigenvalue weighted by Crippen LogP contribution is -2.19. The van der Waals surface area contributed by atoms with Gasteiger partial charge < -0.3 is 10.4 Å². The van der Waals surface area contributed by atoms with Crippen molar-refractivity contribution < 1.29 is 9.50 Å². The quantitative estimate of drug-likeness (QED) is 0.750. The second kappa shape index (κ2) is 4.23. The normalized spacial score (nSPS) is 12.6. The fourth-order valence-corrected chi connectivity index (χ4v) is 1.07. The van der Waals surface area contributed by atoms with E-state index in [9.17, 15) is 4.39 Å². The molecule has 1 aromatic carbocycles. The number of rotatable bonds is 3. The van der Waals surface area contributed by atoms with Gasteiger partial charge in [-0.1, -0.05) is 6.07 Å². The number of benzene rings is 1. The van der Waals surface area contributed by atoms with Gasteiger partial charge in [0.2, 0.25) is 0 Å². The first kappa shape index (κ1) is 9.99. The Morgan fingerprint density at radius 3 is 2.85 bits per heavy atom. The van der Waals surface area contributed by atoms with E-state index < -0.39 is 0 Å². The van der Waals surface area contributed by atoms with Gasteiger partial charge in [0.05, 0.1) is 6.61 Å². The van der Waals surface area contributed by atoms with E-state index in [-0.39, 0.29) is 18.5 Å². The molecule has 2 nitrogen and oxygen atoms in total. The lowest BCUT2D eigenvalue weighted by Gasteiger charge is -2.14. The van der Waals surface area contributed by atoms with Gasteiger partial charge in [0.1, 0.15) is 5.82 Å². The number of anilines is 1. The fourth-order valence-electron chi connectivity index (χ4n) is 1.07. The third-order valence-electron chi connectivity index (χ3n) is 1.94. The number of aliphatic hydroxyl groups is 1. The highest BCUT2D eigenvalue weighted by atomic mass is 19.1. The van der Waals surface area contributed by atoms with Gasteiger partial charge in [0, 0.05) is 17.3 Å². The molecule has 0 aliphatic carbocycles. The Kier molecular flexibility index (Phi) is 3.25. The molecule has 0 fully saturated rings. The second-order valence-corrected chi connectivity index (χ2v) is 3.14. The number of hydrogen-bond acceptors (Lipinski definition) is 2. The van der Waals surface area contributed by atoms with Crippen LogP contribution in [0.15, 0.2) is 18.2 Å². The average molecular weight is 183 g/mol. The van der Waals surface area contributed by atoms with Crippen molar-refractivity contribution in [3.63, 3.8) is 0 Å². The summed E-state index contributed by atoms with van der Waals surface area (Å²) in [6.07, 6.45) is 0. The maximum atomic E-state index is 13.0. The van der Waals surface area contributed by atoms with Crippen LogP contribution in [0.3, 0.4) is 0 Å². The van der Waals surface area contributed by atoms with E-state index in [1.807, 2.05) is 6.92 Å². The monoisotopic (exact) mass is 183 g/mol. The van der Waals surface area contributed by atoms with Crippen LogP contribution in [-0.2, 0) is 0 Å². The summed E-state index contributed by atoms with van der Waals surface area (Å²) in [6, 6.07) is 4.81. The van der Waals surface area contributed by atoms with Gasteiger partial charge in [-0.15, -0.1) is 0 Å². The van der Waals surface area contributed by atoms with Crippen molar-refractivity contribution >= 4 is 5.69 Å². The van der Waals surface area contributed by atoms with Gasteiger partial charge in [0.25, 0.3) is 0 Å². The molecule has 0 aliphatic heterocycles. The maximum Gasteiger partial charge on any atom is 0.128 e. The van der Waals surface area contributed by atoms with Gasteiger partial charge >= 0.3 is 0 Å². The number of aliphatic hydroxyl groups excluding tert-OH is 1. The zero-order chi connectivity index (χ0) is 9.84. The van der Waals surface area contributed by atoms with Crippen LogP contribution in [0.2, 0.25) is 0 Å². The van der Waals surface area contributed by atoms with Crippen molar-refractivity contribution in [2.75, 3.05) is 11.9 Å². The van der Waals surface area contributed by atoms with Crippen molar-refractivity contribution in [3.8, 4) is 0 Å². The molecule has 3 heteroatoms. The molecule has 0 heterocycles. The Morgan fingerprint density at radius 1 is 1.54 bits per heavy atom. The van der Waals surface area contributed by atoms with Crippen molar-refractivity contribution in [1.29, 1.82) is 0 Å². The van der Waals surface area contributed by atoms with E-state index in [2.05, 4.69) is 5.32 Å². The number of halogens is 1. The number of nitrogens with one attached hydrogen (secondary N) is 1. The molecule has 1 rings (SSSR count). The Balaban J connectivity index is 2.83. The molecule has 0 spiro atoms. The van der Waals surface area contributed by atoms with Gasteiger partial charge in [0.15, 0.2) is 0 Å². The Hall–Kier alpha value is -1.09. The van der Waals surface area contributed by atoms with Crippen LogP contribution in [-0.4, -0.2) is 17.8 Å². The largest absolute Gasteiger partial charge is 0.394 e. The Morgan fingerprint density at radius 2 is 2.23 bits per heavy atom. The summed E-state index contributed by atoms with van der Waals surface area (Å²) in [4.78, 5) is 0. The fraction of sp³-hybridized carbons (Fsp3) is 0.400. The van der Waals surface area contributed by atoms with Crippen LogP contribution >= 0.6 is 0 Å². The minimum atomic E-state index is -0.227. The summed E-state index contributed by atoms with van der Waals surface area (Å²) >= 11 is 0. The molecule has 1 atom stereocenters. The van der Waals surface area contributed by atoms with Crippen LogP contribution in [0.25, 0.3) is 0 Å². The highest BCUT2D eigenvalue weighted by Gasteiger charge is 2.05. The first-order valence-corrected chi connectivity index (χ1v) is 4.27. The minimum Gasteiger partial charge on any atom is -0.394 e. The third-order valence-corrected chi connectivity index (χ3v) is 1.94. The van der Waals surface area contributed by atoms with Crippen LogP contribution in [0, 0.1) is 12.7 Å². The molecule has 0 saturated carbocycles. The maximum absolute atomic E-state index is 13.0. The van der Waals surface area contributed by atoms with E-state index in [0.29, 0.717) is 5.56 Å². The molecule has 72 valence electrons. The van der Waals surface area contributed by atoms with E-state index in [1.54, 1.807) is 19.1 Å². The van der Waals surface area contributed by atoms with Crippen LogP contribution < -0.4 is 5.32 Å². The summed E-state index contributed by atoms with van der Waals surface area (Å²) in [5.41, 5.74) is 1.32. The molecule has 0 amide bonds. The zero-order valence-electron chi connectivity index (χ0n) is 7.84. The van der Waals surface area contributed by atoms with Crippen molar-refractivity contribution in [1.82, 2.24) is 0 Å². The van der Waals surface area contributed by atoms with Gasteiger partial charge in [-0.25, -0.2) is 4.39 Å². The van der Waals surface area contributed by atoms with Crippen molar-refractivity contribution in [2.45, 2.75) is 19.9 Å². The predicted octanol–water partition coefficient (Wildman–Crippen LogP) is 1.93. The average Bonchev–Trinajstić information content (AvgIpc) is 2.13. The highest BCUT2D eigenvalue weighted by molar-refractivity contribution is 5.51. The summed E-state index contributed by atoms with van der Waals surface area (Å²) in [5, 5.41) is 11.8. The van der Waals surface area contributed by atoms with E-state index in [1.165, 1.54) is 6.07 Å². The third kappa shape index (κ3) is 2.42. The molecule has 1 aromatic rings.